The summed E-state index contributed by atoms with van der Waals surface area (Å²) >= 11 is 0. The van der Waals surface area contributed by atoms with Crippen LogP contribution in [0.1, 0.15) is 13.3 Å². The third kappa shape index (κ3) is 3.64. The molecule has 0 amide bonds. The van der Waals surface area contributed by atoms with Crippen LogP contribution in [0.4, 0.5) is 0 Å². The van der Waals surface area contributed by atoms with Gasteiger partial charge in [-0.1, -0.05) is 25.1 Å². The first kappa shape index (κ1) is 13.9. The van der Waals surface area contributed by atoms with Gasteiger partial charge in [0.25, 0.3) is 0 Å². The maximum atomic E-state index is 12.1. The summed E-state index contributed by atoms with van der Waals surface area (Å²) in [6, 6.07) is 8.28. The van der Waals surface area contributed by atoms with Crippen molar-refractivity contribution < 1.29 is 13.2 Å². The molecule has 1 atom stereocenters. The van der Waals surface area contributed by atoms with Crippen LogP contribution in [0.3, 0.4) is 0 Å². The summed E-state index contributed by atoms with van der Waals surface area (Å²) in [6.07, 6.45) is 1.18. The zero-order valence-corrected chi connectivity index (χ0v) is 10.9. The maximum absolute atomic E-state index is 12.1. The maximum Gasteiger partial charge on any atom is 0.242 e. The monoisotopic (exact) mass is 255 g/mol. The summed E-state index contributed by atoms with van der Waals surface area (Å²) in [5.74, 6) is 0.0241. The lowest BCUT2D eigenvalue weighted by atomic mass is 10.1. The molecule has 4 nitrogen and oxygen atoms in total. The van der Waals surface area contributed by atoms with Crippen LogP contribution < -0.4 is 0 Å². The van der Waals surface area contributed by atoms with Crippen molar-refractivity contribution >= 4 is 16.3 Å². The minimum Gasteiger partial charge on any atom is -0.303 e. The highest BCUT2D eigenvalue weighted by Crippen LogP contribution is 2.15. The van der Waals surface area contributed by atoms with Crippen molar-refractivity contribution in [3.05, 3.63) is 30.3 Å². The Morgan fingerprint density at radius 1 is 1.29 bits per heavy atom. The lowest BCUT2D eigenvalue weighted by Crippen LogP contribution is -2.31. The van der Waals surface area contributed by atoms with E-state index in [1.54, 1.807) is 30.3 Å². The van der Waals surface area contributed by atoms with Crippen molar-refractivity contribution in [3.8, 4) is 0 Å². The van der Waals surface area contributed by atoms with Gasteiger partial charge in [0.2, 0.25) is 10.0 Å². The predicted molar refractivity (Wildman–Crippen MR) is 66.1 cm³/mol. The summed E-state index contributed by atoms with van der Waals surface area (Å²) in [5.41, 5.74) is 0. The number of carbonyl (C=O) groups is 1. The molecule has 5 heteroatoms. The third-order valence-electron chi connectivity index (χ3n) is 2.52. The molecular weight excluding hydrogens is 238 g/mol. The number of rotatable bonds is 6. The number of aldehydes is 1. The molecule has 0 aromatic heterocycles. The largest absolute Gasteiger partial charge is 0.303 e. The number of hydrogen-bond acceptors (Lipinski definition) is 3. The fraction of sp³-hybridized carbons (Fsp3) is 0.417. The second kappa shape index (κ2) is 5.93. The highest BCUT2D eigenvalue weighted by Gasteiger charge is 2.21. The quantitative estimate of drug-likeness (QED) is 0.724. The second-order valence-electron chi connectivity index (χ2n) is 4.11. The highest BCUT2D eigenvalue weighted by atomic mass is 32.2. The molecular formula is C12H17NO3S. The van der Waals surface area contributed by atoms with Gasteiger partial charge in [-0.3, -0.25) is 0 Å². The second-order valence-corrected chi connectivity index (χ2v) is 6.15. The molecule has 94 valence electrons. The van der Waals surface area contributed by atoms with Gasteiger partial charge in [-0.05, 0) is 18.1 Å². The molecule has 0 aliphatic heterocycles. The Hall–Kier alpha value is -1.20. The van der Waals surface area contributed by atoms with Crippen LogP contribution in [0.15, 0.2) is 35.2 Å². The first-order chi connectivity index (χ1) is 7.98. The van der Waals surface area contributed by atoms with E-state index in [0.717, 1.165) is 6.29 Å². The molecule has 1 aromatic rings. The predicted octanol–water partition coefficient (Wildman–Crippen LogP) is 1.53. The van der Waals surface area contributed by atoms with E-state index in [2.05, 4.69) is 0 Å². The normalized spacial score (nSPS) is 13.6. The molecule has 0 saturated carbocycles. The molecule has 1 aromatic carbocycles. The zero-order valence-electron chi connectivity index (χ0n) is 10.0. The Balaban J connectivity index is 2.81. The van der Waals surface area contributed by atoms with Crippen molar-refractivity contribution in [3.63, 3.8) is 0 Å². The Labute approximate surface area is 102 Å². The Morgan fingerprint density at radius 2 is 1.88 bits per heavy atom. The van der Waals surface area contributed by atoms with Gasteiger partial charge in [-0.25, -0.2) is 12.7 Å². The van der Waals surface area contributed by atoms with Crippen molar-refractivity contribution in [2.75, 3.05) is 13.6 Å². The van der Waals surface area contributed by atoms with E-state index in [4.69, 9.17) is 0 Å². The number of sulfonamides is 1. The number of hydrogen-bond donors (Lipinski definition) is 0. The van der Waals surface area contributed by atoms with E-state index in [0.29, 0.717) is 13.0 Å². The van der Waals surface area contributed by atoms with Gasteiger partial charge in [0.1, 0.15) is 6.29 Å². The molecule has 0 unspecified atom stereocenters. The summed E-state index contributed by atoms with van der Waals surface area (Å²) in [6.45, 7) is 2.20. The van der Waals surface area contributed by atoms with Crippen LogP contribution in [0.5, 0.6) is 0 Å². The van der Waals surface area contributed by atoms with Gasteiger partial charge in [0.05, 0.1) is 4.90 Å². The average molecular weight is 255 g/mol. The highest BCUT2D eigenvalue weighted by molar-refractivity contribution is 7.89. The molecule has 0 radical (unpaired) electrons. The standard InChI is InChI=1S/C12H17NO3S/c1-11(8-9-14)10-13(2)17(15,16)12-6-4-3-5-7-12/h3-7,9,11H,8,10H2,1-2H3/t11-/m0/s1. The molecule has 0 N–H and O–H groups in total. The molecule has 0 aliphatic carbocycles. The van der Waals surface area contributed by atoms with E-state index in [-0.39, 0.29) is 10.8 Å². The zero-order chi connectivity index (χ0) is 12.9. The van der Waals surface area contributed by atoms with E-state index in [9.17, 15) is 13.2 Å². The first-order valence-corrected chi connectivity index (χ1v) is 6.87. The number of benzene rings is 1. The minimum atomic E-state index is -3.43. The molecule has 17 heavy (non-hydrogen) atoms. The SMILES string of the molecule is C[C@@H](CC=O)CN(C)S(=O)(=O)c1ccccc1. The van der Waals surface area contributed by atoms with Gasteiger partial charge < -0.3 is 4.79 Å². The number of nitrogens with zero attached hydrogens (tertiary/aromatic N) is 1. The fourth-order valence-corrected chi connectivity index (χ4v) is 2.86. The lowest BCUT2D eigenvalue weighted by Gasteiger charge is -2.20. The van der Waals surface area contributed by atoms with Crippen LogP contribution in [0.25, 0.3) is 0 Å². The van der Waals surface area contributed by atoms with Crippen LogP contribution in [-0.2, 0) is 14.8 Å². The molecule has 0 fully saturated rings. The summed E-state index contributed by atoms with van der Waals surface area (Å²) in [5, 5.41) is 0. The topological polar surface area (TPSA) is 54.5 Å². The van der Waals surface area contributed by atoms with Crippen molar-refractivity contribution in [2.45, 2.75) is 18.2 Å². The fourth-order valence-electron chi connectivity index (χ4n) is 1.55. The Bertz CT molecular complexity index is 456. The van der Waals surface area contributed by atoms with E-state index in [1.807, 2.05) is 6.92 Å². The van der Waals surface area contributed by atoms with Gasteiger partial charge in [-0.2, -0.15) is 0 Å². The molecule has 1 rings (SSSR count). The Morgan fingerprint density at radius 3 is 2.41 bits per heavy atom. The van der Waals surface area contributed by atoms with E-state index < -0.39 is 10.0 Å². The molecule has 0 saturated heterocycles. The third-order valence-corrected chi connectivity index (χ3v) is 4.36. The van der Waals surface area contributed by atoms with Gasteiger partial charge in [-0.15, -0.1) is 0 Å². The Kier molecular flexibility index (Phi) is 4.84. The van der Waals surface area contributed by atoms with Crippen molar-refractivity contribution in [1.29, 1.82) is 0 Å². The van der Waals surface area contributed by atoms with Crippen LogP contribution >= 0.6 is 0 Å². The summed E-state index contributed by atoms with van der Waals surface area (Å²) < 4.78 is 25.5. The van der Waals surface area contributed by atoms with Gasteiger partial charge >= 0.3 is 0 Å². The summed E-state index contributed by atoms with van der Waals surface area (Å²) in [7, 11) is -1.90. The van der Waals surface area contributed by atoms with Crippen molar-refractivity contribution in [1.82, 2.24) is 4.31 Å². The molecule has 0 bridgehead atoms. The van der Waals surface area contributed by atoms with E-state index >= 15 is 0 Å². The smallest absolute Gasteiger partial charge is 0.242 e. The van der Waals surface area contributed by atoms with Crippen LogP contribution in [-0.4, -0.2) is 32.6 Å². The first-order valence-electron chi connectivity index (χ1n) is 5.43. The van der Waals surface area contributed by atoms with Crippen LogP contribution in [0.2, 0.25) is 0 Å². The number of carbonyl (C=O) groups excluding carboxylic acids is 1. The van der Waals surface area contributed by atoms with Gasteiger partial charge in [0.15, 0.2) is 0 Å². The van der Waals surface area contributed by atoms with Crippen molar-refractivity contribution in [2.24, 2.45) is 5.92 Å². The lowest BCUT2D eigenvalue weighted by molar-refractivity contribution is -0.108. The van der Waals surface area contributed by atoms with Gasteiger partial charge in [0, 0.05) is 20.0 Å². The molecule has 0 heterocycles. The summed E-state index contributed by atoms with van der Waals surface area (Å²) in [4.78, 5) is 10.6. The molecule has 0 aliphatic rings. The van der Waals surface area contributed by atoms with Crippen LogP contribution in [0, 0.1) is 5.92 Å². The molecule has 0 spiro atoms. The average Bonchev–Trinajstić information content (AvgIpc) is 2.30. The van der Waals surface area contributed by atoms with E-state index in [1.165, 1.54) is 11.4 Å². The minimum absolute atomic E-state index is 0.0241.